The largest absolute Gasteiger partial charge is 0.490 e. The van der Waals surface area contributed by atoms with Gasteiger partial charge in [-0.15, -0.1) is 0 Å². The molecule has 190 valence electrons. The van der Waals surface area contributed by atoms with Crippen molar-refractivity contribution >= 4 is 57.6 Å². The molecule has 0 bridgehead atoms. The quantitative estimate of drug-likeness (QED) is 0.271. The number of thioether (sulfide) groups is 1. The van der Waals surface area contributed by atoms with Crippen LogP contribution < -0.4 is 19.7 Å². The Morgan fingerprint density at radius 3 is 2.59 bits per heavy atom. The summed E-state index contributed by atoms with van der Waals surface area (Å²) in [6, 6.07) is 16.6. The van der Waals surface area contributed by atoms with Gasteiger partial charge in [0.2, 0.25) is 0 Å². The van der Waals surface area contributed by atoms with Gasteiger partial charge in [-0.05, 0) is 86.0 Å². The van der Waals surface area contributed by atoms with E-state index in [2.05, 4.69) is 5.32 Å². The Labute approximate surface area is 224 Å². The van der Waals surface area contributed by atoms with E-state index in [1.807, 2.05) is 39.0 Å². The molecule has 9 heteroatoms. The molecule has 0 saturated carbocycles. The van der Waals surface area contributed by atoms with Crippen molar-refractivity contribution in [1.29, 1.82) is 0 Å². The summed E-state index contributed by atoms with van der Waals surface area (Å²) < 4.78 is 25.4. The average Bonchev–Trinajstić information content (AvgIpc) is 3.13. The summed E-state index contributed by atoms with van der Waals surface area (Å²) in [6.45, 7) is 6.02. The number of thiocarbonyl (C=S) groups is 1. The fourth-order valence-electron chi connectivity index (χ4n) is 3.62. The van der Waals surface area contributed by atoms with E-state index in [1.165, 1.54) is 23.1 Å². The number of rotatable bonds is 8. The van der Waals surface area contributed by atoms with E-state index in [-0.39, 0.29) is 18.4 Å². The van der Waals surface area contributed by atoms with Crippen molar-refractivity contribution in [2.45, 2.75) is 20.8 Å². The van der Waals surface area contributed by atoms with Gasteiger partial charge in [-0.2, -0.15) is 0 Å². The van der Waals surface area contributed by atoms with Crippen molar-refractivity contribution in [3.63, 3.8) is 0 Å². The lowest BCUT2D eigenvalue weighted by molar-refractivity contribution is -0.118. The molecule has 0 aliphatic carbocycles. The SMILES string of the molecule is CCOc1cc(/C=C2\SC(=S)N(c3cccc(F)c3)C2=O)ccc1OCC(=O)Nc1ccc(C)c(C)c1. The zero-order valence-electron chi connectivity index (χ0n) is 20.5. The lowest BCUT2D eigenvalue weighted by Crippen LogP contribution is -2.27. The first kappa shape index (κ1) is 26.4. The number of amides is 2. The van der Waals surface area contributed by atoms with E-state index < -0.39 is 5.82 Å². The Bertz CT molecular complexity index is 1410. The second kappa shape index (κ2) is 11.6. The van der Waals surface area contributed by atoms with E-state index in [4.69, 9.17) is 21.7 Å². The second-order valence-corrected chi connectivity index (χ2v) is 9.95. The van der Waals surface area contributed by atoms with Crippen LogP contribution in [0.15, 0.2) is 65.6 Å². The lowest BCUT2D eigenvalue weighted by atomic mass is 10.1. The van der Waals surface area contributed by atoms with Gasteiger partial charge in [-0.3, -0.25) is 14.5 Å². The van der Waals surface area contributed by atoms with Gasteiger partial charge in [0.25, 0.3) is 11.8 Å². The minimum absolute atomic E-state index is 0.196. The highest BCUT2D eigenvalue weighted by Gasteiger charge is 2.33. The first-order valence-electron chi connectivity index (χ1n) is 11.6. The van der Waals surface area contributed by atoms with Crippen molar-refractivity contribution in [2.24, 2.45) is 0 Å². The van der Waals surface area contributed by atoms with Crippen molar-refractivity contribution < 1.29 is 23.5 Å². The molecule has 3 aromatic carbocycles. The number of halogens is 1. The summed E-state index contributed by atoms with van der Waals surface area (Å²) in [5, 5.41) is 2.83. The first-order valence-corrected chi connectivity index (χ1v) is 12.8. The van der Waals surface area contributed by atoms with Crippen molar-refractivity contribution in [2.75, 3.05) is 23.4 Å². The molecule has 1 aliphatic rings. The maximum Gasteiger partial charge on any atom is 0.270 e. The van der Waals surface area contributed by atoms with Crippen LogP contribution in [0.1, 0.15) is 23.6 Å². The van der Waals surface area contributed by atoms with E-state index in [0.29, 0.717) is 44.3 Å². The van der Waals surface area contributed by atoms with Crippen molar-refractivity contribution in [3.05, 3.63) is 88.1 Å². The molecule has 4 rings (SSSR count). The Hall–Kier alpha value is -3.69. The van der Waals surface area contributed by atoms with Crippen LogP contribution in [0.5, 0.6) is 11.5 Å². The van der Waals surface area contributed by atoms with Gasteiger partial charge in [0, 0.05) is 5.69 Å². The van der Waals surface area contributed by atoms with Crippen LogP contribution in [0.2, 0.25) is 0 Å². The number of nitrogens with one attached hydrogen (secondary N) is 1. The molecule has 1 fully saturated rings. The molecule has 1 saturated heterocycles. The maximum absolute atomic E-state index is 13.7. The topological polar surface area (TPSA) is 67.9 Å². The Kier molecular flexibility index (Phi) is 8.25. The average molecular weight is 537 g/mol. The number of aryl methyl sites for hydroxylation is 2. The van der Waals surface area contributed by atoms with Gasteiger partial charge >= 0.3 is 0 Å². The van der Waals surface area contributed by atoms with Gasteiger partial charge in [0.15, 0.2) is 22.4 Å². The van der Waals surface area contributed by atoms with Crippen LogP contribution in [0.25, 0.3) is 6.08 Å². The van der Waals surface area contributed by atoms with Crippen LogP contribution in [0, 0.1) is 19.7 Å². The van der Waals surface area contributed by atoms with Crippen LogP contribution in [-0.4, -0.2) is 29.3 Å². The smallest absolute Gasteiger partial charge is 0.270 e. The van der Waals surface area contributed by atoms with Crippen LogP contribution in [0.4, 0.5) is 15.8 Å². The van der Waals surface area contributed by atoms with Crippen LogP contribution >= 0.6 is 24.0 Å². The number of hydrogen-bond acceptors (Lipinski definition) is 6. The molecule has 1 N–H and O–H groups in total. The summed E-state index contributed by atoms with van der Waals surface area (Å²) >= 11 is 6.50. The molecule has 0 aromatic heterocycles. The predicted octanol–water partition coefficient (Wildman–Crippen LogP) is 6.26. The van der Waals surface area contributed by atoms with Crippen LogP contribution in [-0.2, 0) is 9.59 Å². The van der Waals surface area contributed by atoms with Gasteiger partial charge in [0.1, 0.15) is 5.82 Å². The molecular weight excluding hydrogens is 511 g/mol. The van der Waals surface area contributed by atoms with E-state index in [0.717, 1.165) is 22.9 Å². The standard InChI is InChI=1S/C28H25FN2O4S2/c1-4-34-24-13-19(14-25-27(33)31(28(36)37-25)22-7-5-6-20(29)15-22)9-11-23(24)35-16-26(32)30-21-10-8-17(2)18(3)12-21/h5-15H,4,16H2,1-3H3,(H,30,32)/b25-14-. The Morgan fingerprint density at radius 1 is 1.05 bits per heavy atom. The molecule has 1 heterocycles. The molecule has 0 radical (unpaired) electrons. The molecule has 6 nitrogen and oxygen atoms in total. The number of carbonyl (C=O) groups excluding carboxylic acids is 2. The fraction of sp³-hybridized carbons (Fsp3) is 0.179. The number of carbonyl (C=O) groups is 2. The Balaban J connectivity index is 1.47. The Morgan fingerprint density at radius 2 is 1.86 bits per heavy atom. The third-order valence-electron chi connectivity index (χ3n) is 5.57. The van der Waals surface area contributed by atoms with E-state index >= 15 is 0 Å². The summed E-state index contributed by atoms with van der Waals surface area (Å²) in [7, 11) is 0. The van der Waals surface area contributed by atoms with Crippen LogP contribution in [0.3, 0.4) is 0 Å². The minimum Gasteiger partial charge on any atom is -0.490 e. The second-order valence-electron chi connectivity index (χ2n) is 8.27. The molecule has 0 atom stereocenters. The highest BCUT2D eigenvalue weighted by atomic mass is 32.2. The highest BCUT2D eigenvalue weighted by molar-refractivity contribution is 8.27. The van der Waals surface area contributed by atoms with Gasteiger partial charge in [-0.25, -0.2) is 4.39 Å². The van der Waals surface area contributed by atoms with E-state index in [9.17, 15) is 14.0 Å². The lowest BCUT2D eigenvalue weighted by Gasteiger charge is -2.14. The number of anilines is 2. The third kappa shape index (κ3) is 6.36. The van der Waals surface area contributed by atoms with Crippen molar-refractivity contribution in [3.8, 4) is 11.5 Å². The molecule has 0 unspecified atom stereocenters. The molecule has 3 aromatic rings. The number of nitrogens with zero attached hydrogens (tertiary/aromatic N) is 1. The monoisotopic (exact) mass is 536 g/mol. The maximum atomic E-state index is 13.7. The first-order chi connectivity index (χ1) is 17.7. The van der Waals surface area contributed by atoms with Gasteiger partial charge < -0.3 is 14.8 Å². The van der Waals surface area contributed by atoms with Crippen molar-refractivity contribution in [1.82, 2.24) is 0 Å². The minimum atomic E-state index is -0.449. The highest BCUT2D eigenvalue weighted by Crippen LogP contribution is 2.37. The summed E-state index contributed by atoms with van der Waals surface area (Å²) in [5.74, 6) is -0.231. The number of ether oxygens (including phenoxy) is 2. The number of hydrogen-bond donors (Lipinski definition) is 1. The van der Waals surface area contributed by atoms with E-state index in [1.54, 1.807) is 30.3 Å². The molecular formula is C28H25FN2O4S2. The van der Waals surface area contributed by atoms with Gasteiger partial charge in [0.05, 0.1) is 17.2 Å². The summed E-state index contributed by atoms with van der Waals surface area (Å²) in [6.07, 6.45) is 1.69. The van der Waals surface area contributed by atoms with Gasteiger partial charge in [-0.1, -0.05) is 42.2 Å². The number of benzene rings is 3. The zero-order chi connectivity index (χ0) is 26.5. The molecule has 0 spiro atoms. The summed E-state index contributed by atoms with van der Waals surface area (Å²) in [4.78, 5) is 27.1. The molecule has 2 amide bonds. The summed E-state index contributed by atoms with van der Waals surface area (Å²) in [5.41, 5.74) is 4.00. The zero-order valence-corrected chi connectivity index (χ0v) is 22.2. The predicted molar refractivity (Wildman–Crippen MR) is 150 cm³/mol. The fourth-order valence-corrected chi connectivity index (χ4v) is 4.92. The molecule has 37 heavy (non-hydrogen) atoms. The molecule has 1 aliphatic heterocycles. The third-order valence-corrected chi connectivity index (χ3v) is 6.88. The normalized spacial score (nSPS) is 14.3.